The molecule has 0 radical (unpaired) electrons. The molecule has 1 amide bonds. The van der Waals surface area contributed by atoms with Crippen LogP contribution in [0.4, 0.5) is 11.5 Å². The first-order valence-electron chi connectivity index (χ1n) is 12.0. The van der Waals surface area contributed by atoms with Gasteiger partial charge in [-0.25, -0.2) is 13.4 Å². The van der Waals surface area contributed by atoms with Gasteiger partial charge in [-0.15, -0.1) is 0 Å². The summed E-state index contributed by atoms with van der Waals surface area (Å²) >= 11 is 12.3. The third kappa shape index (κ3) is 6.25. The summed E-state index contributed by atoms with van der Waals surface area (Å²) in [6.45, 7) is 1.99. The average Bonchev–Trinajstić information content (AvgIpc) is 2.96. The van der Waals surface area contributed by atoms with Crippen molar-refractivity contribution in [2.45, 2.75) is 4.90 Å². The summed E-state index contributed by atoms with van der Waals surface area (Å²) in [5.74, 6) is 1.29. The minimum absolute atomic E-state index is 0.0000533. The third-order valence-electron chi connectivity index (χ3n) is 6.10. The Morgan fingerprint density at radius 3 is 2.36 bits per heavy atom. The van der Waals surface area contributed by atoms with Crippen molar-refractivity contribution in [3.8, 4) is 11.5 Å². The molecule has 1 aliphatic heterocycles. The number of nitrogens with one attached hydrogen (secondary N) is 1. The molecule has 1 saturated heterocycles. The van der Waals surface area contributed by atoms with E-state index in [-0.39, 0.29) is 22.1 Å². The van der Waals surface area contributed by atoms with Crippen LogP contribution in [0.25, 0.3) is 0 Å². The number of piperazine rings is 1. The molecule has 0 aliphatic carbocycles. The van der Waals surface area contributed by atoms with Crippen LogP contribution in [0.2, 0.25) is 10.0 Å². The summed E-state index contributed by atoms with van der Waals surface area (Å²) in [6, 6.07) is 17.3. The van der Waals surface area contributed by atoms with Crippen molar-refractivity contribution in [2.24, 2.45) is 0 Å². The zero-order valence-corrected chi connectivity index (χ0v) is 22.8. The fraction of sp³-hybridized carbons (Fsp3) is 0.148. The van der Waals surface area contributed by atoms with E-state index in [2.05, 4.69) is 14.7 Å². The highest BCUT2D eigenvalue weighted by Crippen LogP contribution is 2.30. The van der Waals surface area contributed by atoms with Crippen LogP contribution in [0, 0.1) is 0 Å². The smallest absolute Gasteiger partial charge is 0.261 e. The van der Waals surface area contributed by atoms with Gasteiger partial charge in [-0.2, -0.15) is 0 Å². The van der Waals surface area contributed by atoms with Gasteiger partial charge >= 0.3 is 0 Å². The lowest BCUT2D eigenvalue weighted by Gasteiger charge is -2.35. The summed E-state index contributed by atoms with van der Waals surface area (Å²) in [4.78, 5) is 25.5. The topological polar surface area (TPSA) is 105 Å². The van der Waals surface area contributed by atoms with Crippen LogP contribution in [-0.2, 0) is 10.0 Å². The van der Waals surface area contributed by atoms with E-state index in [1.807, 2.05) is 4.90 Å². The molecule has 1 aromatic heterocycles. The van der Waals surface area contributed by atoms with Crippen molar-refractivity contribution < 1.29 is 17.9 Å². The van der Waals surface area contributed by atoms with Crippen LogP contribution in [0.3, 0.4) is 0 Å². The van der Waals surface area contributed by atoms with Crippen molar-refractivity contribution in [2.75, 3.05) is 35.8 Å². The number of amides is 1. The first-order valence-corrected chi connectivity index (χ1v) is 14.2. The Kier molecular flexibility index (Phi) is 7.87. The second kappa shape index (κ2) is 11.5. The Morgan fingerprint density at radius 2 is 1.67 bits per heavy atom. The predicted octanol–water partition coefficient (Wildman–Crippen LogP) is 5.34. The van der Waals surface area contributed by atoms with Crippen LogP contribution in [0.15, 0.2) is 90.2 Å². The molecule has 4 aromatic rings. The third-order valence-corrected chi connectivity index (χ3v) is 8.02. The number of sulfonamides is 1. The Bertz CT molecular complexity index is 1580. The summed E-state index contributed by atoms with van der Waals surface area (Å²) < 4.78 is 34.7. The van der Waals surface area contributed by atoms with Crippen LogP contribution < -0.4 is 14.4 Å². The molecule has 1 aliphatic rings. The van der Waals surface area contributed by atoms with Crippen LogP contribution >= 0.6 is 23.2 Å². The summed E-state index contributed by atoms with van der Waals surface area (Å²) in [6.07, 6.45) is 4.90. The minimum atomic E-state index is -4.02. The van der Waals surface area contributed by atoms with Gasteiger partial charge in [0.15, 0.2) is 0 Å². The van der Waals surface area contributed by atoms with Gasteiger partial charge in [0.1, 0.15) is 17.3 Å². The van der Waals surface area contributed by atoms with Crippen molar-refractivity contribution in [3.05, 3.63) is 101 Å². The molecular weight excluding hydrogens is 561 g/mol. The maximum absolute atomic E-state index is 13.4. The highest BCUT2D eigenvalue weighted by atomic mass is 35.5. The molecule has 200 valence electrons. The molecular formula is C27H23Cl2N5O4S. The number of nitrogens with zero attached hydrogens (tertiary/aromatic N) is 4. The maximum Gasteiger partial charge on any atom is 0.261 e. The van der Waals surface area contributed by atoms with Crippen LogP contribution in [0.1, 0.15) is 10.4 Å². The molecule has 2 heterocycles. The molecule has 0 saturated carbocycles. The first kappa shape index (κ1) is 26.7. The molecule has 12 heteroatoms. The Hall–Kier alpha value is -3.86. The first-order chi connectivity index (χ1) is 18.8. The standard InChI is InChI=1S/C27H23Cl2N5O4S/c28-19-5-10-24(22(17-19)27(35)34-15-13-33(14-16-34)26-18-30-11-12-31-26)32-39(36,37)21-8-6-20(7-9-21)38-25-4-2-1-3-23(25)29/h1-12,17-18,32H,13-16H2. The van der Waals surface area contributed by atoms with E-state index in [9.17, 15) is 13.2 Å². The number of hydrogen-bond donors (Lipinski definition) is 1. The van der Waals surface area contributed by atoms with Crippen LogP contribution in [0.5, 0.6) is 11.5 Å². The van der Waals surface area contributed by atoms with E-state index < -0.39 is 10.0 Å². The second-order valence-electron chi connectivity index (χ2n) is 8.64. The number of benzene rings is 3. The van der Waals surface area contributed by atoms with Crippen molar-refractivity contribution in [1.29, 1.82) is 0 Å². The van der Waals surface area contributed by atoms with Gasteiger partial charge in [0, 0.05) is 43.6 Å². The number of hydrogen-bond acceptors (Lipinski definition) is 7. The molecule has 0 atom stereocenters. The zero-order valence-electron chi connectivity index (χ0n) is 20.5. The van der Waals surface area contributed by atoms with E-state index in [1.54, 1.807) is 47.8 Å². The maximum atomic E-state index is 13.4. The van der Waals surface area contributed by atoms with Crippen molar-refractivity contribution in [3.63, 3.8) is 0 Å². The van der Waals surface area contributed by atoms with Gasteiger partial charge in [0.25, 0.3) is 15.9 Å². The number of halogens is 2. The number of carbonyl (C=O) groups excluding carboxylic acids is 1. The van der Waals surface area contributed by atoms with E-state index in [0.717, 1.165) is 5.82 Å². The van der Waals surface area contributed by atoms with Gasteiger partial charge < -0.3 is 14.5 Å². The zero-order chi connectivity index (χ0) is 27.4. The fourth-order valence-corrected chi connectivity index (χ4v) is 5.52. The van der Waals surface area contributed by atoms with E-state index >= 15 is 0 Å². The van der Waals surface area contributed by atoms with Gasteiger partial charge in [-0.1, -0.05) is 35.3 Å². The van der Waals surface area contributed by atoms with Gasteiger partial charge in [0.2, 0.25) is 0 Å². The van der Waals surface area contributed by atoms with E-state index in [1.165, 1.54) is 42.5 Å². The lowest BCUT2D eigenvalue weighted by atomic mass is 10.1. The summed E-state index contributed by atoms with van der Waals surface area (Å²) in [7, 11) is -4.02. The Balaban J connectivity index is 1.30. The number of para-hydroxylation sites is 1. The number of carbonyl (C=O) groups is 1. The van der Waals surface area contributed by atoms with Crippen molar-refractivity contribution in [1.82, 2.24) is 14.9 Å². The lowest BCUT2D eigenvalue weighted by Crippen LogP contribution is -2.49. The Morgan fingerprint density at radius 1 is 0.923 bits per heavy atom. The summed E-state index contributed by atoms with van der Waals surface area (Å²) in [5, 5.41) is 0.756. The molecule has 0 bridgehead atoms. The Labute approximate surface area is 236 Å². The van der Waals surface area contributed by atoms with Crippen LogP contribution in [-0.4, -0.2) is 55.4 Å². The highest BCUT2D eigenvalue weighted by Gasteiger charge is 2.26. The molecule has 5 rings (SSSR count). The molecule has 1 N–H and O–H groups in total. The molecule has 3 aromatic carbocycles. The number of aromatic nitrogens is 2. The monoisotopic (exact) mass is 583 g/mol. The molecule has 9 nitrogen and oxygen atoms in total. The number of ether oxygens (including phenoxy) is 1. The lowest BCUT2D eigenvalue weighted by molar-refractivity contribution is 0.0747. The predicted molar refractivity (Wildman–Crippen MR) is 150 cm³/mol. The molecule has 1 fully saturated rings. The fourth-order valence-electron chi connectivity index (χ4n) is 4.09. The van der Waals surface area contributed by atoms with Gasteiger partial charge in [0.05, 0.1) is 27.4 Å². The SMILES string of the molecule is O=C(c1cc(Cl)ccc1NS(=O)(=O)c1ccc(Oc2ccccc2Cl)cc1)N1CCN(c2cnccn2)CC1. The van der Waals surface area contributed by atoms with Crippen molar-refractivity contribution >= 4 is 50.6 Å². The number of rotatable bonds is 7. The van der Waals surface area contributed by atoms with E-state index in [4.69, 9.17) is 27.9 Å². The highest BCUT2D eigenvalue weighted by molar-refractivity contribution is 7.92. The average molecular weight is 584 g/mol. The van der Waals surface area contributed by atoms with Gasteiger partial charge in [-0.3, -0.25) is 14.5 Å². The molecule has 39 heavy (non-hydrogen) atoms. The minimum Gasteiger partial charge on any atom is -0.456 e. The second-order valence-corrected chi connectivity index (χ2v) is 11.2. The van der Waals surface area contributed by atoms with E-state index in [0.29, 0.717) is 47.7 Å². The molecule has 0 unspecified atom stereocenters. The largest absolute Gasteiger partial charge is 0.456 e. The quantitative estimate of drug-likeness (QED) is 0.313. The van der Waals surface area contributed by atoms with Gasteiger partial charge in [-0.05, 0) is 54.6 Å². The normalized spacial score (nSPS) is 13.7. The summed E-state index contributed by atoms with van der Waals surface area (Å²) in [5.41, 5.74) is 0.301. The number of anilines is 2. The molecule has 0 spiro atoms.